The van der Waals surface area contributed by atoms with E-state index in [4.69, 9.17) is 9.47 Å². The Kier molecular flexibility index (Phi) is 5.60. The molecule has 0 spiro atoms. The van der Waals surface area contributed by atoms with Crippen LogP contribution in [-0.2, 0) is 14.3 Å². The number of carbonyl (C=O) groups excluding carboxylic acids is 1. The van der Waals surface area contributed by atoms with Crippen molar-refractivity contribution in [1.82, 2.24) is 0 Å². The van der Waals surface area contributed by atoms with Crippen molar-refractivity contribution < 1.29 is 14.3 Å². The van der Waals surface area contributed by atoms with Crippen molar-refractivity contribution in [3.05, 3.63) is 108 Å². The maximum Gasteiger partial charge on any atom is 0.315 e. The number of rotatable bonds is 6. The third-order valence-corrected chi connectivity index (χ3v) is 7.51. The molecule has 3 unspecified atom stereocenters. The molecular weight excluding hydrogens is 396 g/mol. The SMILES string of the molecule is CC(C(=O)OC12CCCC1(C(c1ccccc1)c1ccccc1)CCO2)c1ccccc1. The Balaban J connectivity index is 1.54. The molecule has 2 aliphatic rings. The Bertz CT molecular complexity index is 996. The minimum atomic E-state index is -0.885. The average molecular weight is 427 g/mol. The van der Waals surface area contributed by atoms with E-state index in [0.717, 1.165) is 31.2 Å². The smallest absolute Gasteiger partial charge is 0.315 e. The molecular formula is C29H30O3. The fourth-order valence-electron chi connectivity index (χ4n) is 5.95. The van der Waals surface area contributed by atoms with E-state index in [2.05, 4.69) is 60.7 Å². The number of fused-ring (bicyclic) bond motifs is 1. The summed E-state index contributed by atoms with van der Waals surface area (Å²) in [6, 6.07) is 31.1. The van der Waals surface area contributed by atoms with Gasteiger partial charge in [-0.3, -0.25) is 4.79 Å². The molecule has 0 radical (unpaired) electrons. The van der Waals surface area contributed by atoms with Gasteiger partial charge in [0.2, 0.25) is 5.79 Å². The van der Waals surface area contributed by atoms with Crippen LogP contribution in [0.25, 0.3) is 0 Å². The first-order valence-corrected chi connectivity index (χ1v) is 11.7. The lowest BCUT2D eigenvalue weighted by molar-refractivity contribution is -0.243. The molecule has 2 fully saturated rings. The second-order valence-corrected chi connectivity index (χ2v) is 9.17. The highest BCUT2D eigenvalue weighted by molar-refractivity contribution is 5.78. The topological polar surface area (TPSA) is 35.5 Å². The lowest BCUT2D eigenvalue weighted by Crippen LogP contribution is -2.48. The molecule has 1 saturated heterocycles. The van der Waals surface area contributed by atoms with Crippen molar-refractivity contribution in [3.8, 4) is 0 Å². The Morgan fingerprint density at radius 2 is 1.31 bits per heavy atom. The lowest BCUT2D eigenvalue weighted by atomic mass is 9.64. The predicted molar refractivity (Wildman–Crippen MR) is 125 cm³/mol. The molecule has 3 heteroatoms. The zero-order valence-electron chi connectivity index (χ0n) is 18.6. The molecule has 3 nitrogen and oxygen atoms in total. The van der Waals surface area contributed by atoms with Crippen molar-refractivity contribution in [3.63, 3.8) is 0 Å². The van der Waals surface area contributed by atoms with E-state index in [1.165, 1.54) is 11.1 Å². The summed E-state index contributed by atoms with van der Waals surface area (Å²) in [4.78, 5) is 13.4. The van der Waals surface area contributed by atoms with Gasteiger partial charge in [-0.15, -0.1) is 0 Å². The quantitative estimate of drug-likeness (QED) is 0.425. The molecule has 164 valence electrons. The van der Waals surface area contributed by atoms with Crippen LogP contribution in [0.15, 0.2) is 91.0 Å². The Hall–Kier alpha value is -2.91. The minimum absolute atomic E-state index is 0.106. The maximum atomic E-state index is 13.4. The minimum Gasteiger partial charge on any atom is -0.432 e. The fraction of sp³-hybridized carbons (Fsp3) is 0.345. The second-order valence-electron chi connectivity index (χ2n) is 9.17. The molecule has 1 saturated carbocycles. The van der Waals surface area contributed by atoms with Crippen molar-refractivity contribution in [2.75, 3.05) is 6.61 Å². The number of carbonyl (C=O) groups is 1. The number of ether oxygens (including phenoxy) is 2. The van der Waals surface area contributed by atoms with Gasteiger partial charge in [-0.05, 0) is 42.9 Å². The summed E-state index contributed by atoms with van der Waals surface area (Å²) >= 11 is 0. The van der Waals surface area contributed by atoms with Gasteiger partial charge in [0.25, 0.3) is 0 Å². The van der Waals surface area contributed by atoms with Gasteiger partial charge >= 0.3 is 5.97 Å². The van der Waals surface area contributed by atoms with E-state index in [1.807, 2.05) is 37.3 Å². The number of hydrogen-bond acceptors (Lipinski definition) is 3. The molecule has 32 heavy (non-hydrogen) atoms. The van der Waals surface area contributed by atoms with E-state index in [9.17, 15) is 4.79 Å². The molecule has 1 aliphatic carbocycles. The number of benzene rings is 3. The first kappa shape index (κ1) is 21.0. The molecule has 1 heterocycles. The van der Waals surface area contributed by atoms with E-state index < -0.39 is 5.79 Å². The molecule has 3 aromatic rings. The van der Waals surface area contributed by atoms with Crippen LogP contribution in [0.1, 0.15) is 61.1 Å². The van der Waals surface area contributed by atoms with Crippen LogP contribution in [0.5, 0.6) is 0 Å². The highest BCUT2D eigenvalue weighted by atomic mass is 16.7. The van der Waals surface area contributed by atoms with Crippen LogP contribution in [0.2, 0.25) is 0 Å². The van der Waals surface area contributed by atoms with Gasteiger partial charge in [0.15, 0.2) is 0 Å². The van der Waals surface area contributed by atoms with E-state index in [1.54, 1.807) is 0 Å². The highest BCUT2D eigenvalue weighted by Crippen LogP contribution is 2.64. The van der Waals surface area contributed by atoms with Gasteiger partial charge < -0.3 is 9.47 Å². The van der Waals surface area contributed by atoms with Crippen LogP contribution in [0.3, 0.4) is 0 Å². The zero-order valence-corrected chi connectivity index (χ0v) is 18.6. The van der Waals surface area contributed by atoms with Gasteiger partial charge in [0.05, 0.1) is 12.5 Å². The zero-order chi connectivity index (χ0) is 22.0. The molecule has 5 rings (SSSR count). The Morgan fingerprint density at radius 3 is 1.88 bits per heavy atom. The Morgan fingerprint density at radius 1 is 0.781 bits per heavy atom. The molecule has 0 N–H and O–H groups in total. The average Bonchev–Trinajstić information content (AvgIpc) is 3.35. The lowest BCUT2D eigenvalue weighted by Gasteiger charge is -2.44. The summed E-state index contributed by atoms with van der Waals surface area (Å²) in [6.45, 7) is 2.54. The van der Waals surface area contributed by atoms with Crippen molar-refractivity contribution in [2.45, 2.75) is 50.2 Å². The third-order valence-electron chi connectivity index (χ3n) is 7.51. The molecule has 3 atom stereocenters. The first-order chi connectivity index (χ1) is 15.7. The second kappa shape index (κ2) is 8.55. The van der Waals surface area contributed by atoms with Crippen molar-refractivity contribution in [1.29, 1.82) is 0 Å². The normalized spacial score (nSPS) is 25.4. The van der Waals surface area contributed by atoms with Crippen LogP contribution in [-0.4, -0.2) is 18.4 Å². The summed E-state index contributed by atoms with van der Waals surface area (Å²) in [6.07, 6.45) is 3.60. The largest absolute Gasteiger partial charge is 0.432 e. The van der Waals surface area contributed by atoms with Gasteiger partial charge in [-0.25, -0.2) is 0 Å². The van der Waals surface area contributed by atoms with Crippen LogP contribution in [0.4, 0.5) is 0 Å². The van der Waals surface area contributed by atoms with E-state index >= 15 is 0 Å². The molecule has 0 aromatic heterocycles. The van der Waals surface area contributed by atoms with Gasteiger partial charge in [0, 0.05) is 17.8 Å². The van der Waals surface area contributed by atoms with Crippen LogP contribution in [0, 0.1) is 5.41 Å². The predicted octanol–water partition coefficient (Wildman–Crippen LogP) is 6.45. The molecule has 0 amide bonds. The van der Waals surface area contributed by atoms with Gasteiger partial charge in [-0.1, -0.05) is 91.0 Å². The molecule has 0 bridgehead atoms. The first-order valence-electron chi connectivity index (χ1n) is 11.7. The Labute approximate surface area is 190 Å². The summed E-state index contributed by atoms with van der Waals surface area (Å²) in [5.41, 5.74) is 3.20. The fourth-order valence-corrected chi connectivity index (χ4v) is 5.95. The highest BCUT2D eigenvalue weighted by Gasteiger charge is 2.66. The van der Waals surface area contributed by atoms with E-state index in [-0.39, 0.29) is 23.2 Å². The van der Waals surface area contributed by atoms with Crippen LogP contribution < -0.4 is 0 Å². The monoisotopic (exact) mass is 426 g/mol. The number of hydrogen-bond donors (Lipinski definition) is 0. The van der Waals surface area contributed by atoms with Crippen LogP contribution >= 0.6 is 0 Å². The summed E-state index contributed by atoms with van der Waals surface area (Å²) < 4.78 is 12.8. The number of esters is 1. The van der Waals surface area contributed by atoms with Crippen molar-refractivity contribution in [2.24, 2.45) is 5.41 Å². The van der Waals surface area contributed by atoms with E-state index in [0.29, 0.717) is 6.61 Å². The molecule has 1 aliphatic heterocycles. The third kappa shape index (κ3) is 3.45. The van der Waals surface area contributed by atoms with Crippen molar-refractivity contribution >= 4 is 5.97 Å². The summed E-state index contributed by atoms with van der Waals surface area (Å²) in [5.74, 6) is -1.32. The van der Waals surface area contributed by atoms with Gasteiger partial charge in [-0.2, -0.15) is 0 Å². The van der Waals surface area contributed by atoms with Gasteiger partial charge in [0.1, 0.15) is 0 Å². The molecule has 3 aromatic carbocycles. The maximum absolute atomic E-state index is 13.4. The summed E-state index contributed by atoms with van der Waals surface area (Å²) in [7, 11) is 0. The standard InChI is InChI=1S/C29H30O3/c1-22(23-12-5-2-6-13-23)27(30)32-29-19-11-18-28(29,20-21-31-29)26(24-14-7-3-8-15-24)25-16-9-4-10-17-25/h2-10,12-17,22,26H,11,18-21H2,1H3. The summed E-state index contributed by atoms with van der Waals surface area (Å²) in [5, 5.41) is 0.